The zero-order valence-corrected chi connectivity index (χ0v) is 25.7. The van der Waals surface area contributed by atoms with Gasteiger partial charge in [-0.05, 0) is 50.5 Å². The molecule has 1 heterocycles. The summed E-state index contributed by atoms with van der Waals surface area (Å²) in [5.41, 5.74) is 2.77. The topological polar surface area (TPSA) is 138 Å². The highest BCUT2D eigenvalue weighted by Gasteiger charge is 2.30. The molecular formula is C31H34N4O6S2. The third kappa shape index (κ3) is 9.91. The van der Waals surface area contributed by atoms with Gasteiger partial charge in [-0.1, -0.05) is 72.8 Å². The third-order valence-corrected chi connectivity index (χ3v) is 7.51. The molecular weight excluding hydrogens is 588 g/mol. The number of hydrogen-bond acceptors (Lipinski definition) is 7. The lowest BCUT2D eigenvalue weighted by Gasteiger charge is -2.28. The van der Waals surface area contributed by atoms with E-state index in [1.165, 1.54) is 23.5 Å². The Morgan fingerprint density at radius 1 is 0.953 bits per heavy atom. The van der Waals surface area contributed by atoms with Crippen LogP contribution in [0.1, 0.15) is 31.9 Å². The molecule has 4 aromatic rings. The second-order valence-electron chi connectivity index (χ2n) is 10.8. The van der Waals surface area contributed by atoms with Gasteiger partial charge in [-0.3, -0.25) is 19.0 Å². The molecule has 0 saturated carbocycles. The van der Waals surface area contributed by atoms with E-state index in [9.17, 15) is 18.0 Å². The Hall–Kier alpha value is -4.26. The molecule has 43 heavy (non-hydrogen) atoms. The van der Waals surface area contributed by atoms with Crippen LogP contribution in [0.2, 0.25) is 0 Å². The Labute approximate surface area is 255 Å². The molecule has 3 N–H and O–H groups in total. The first-order chi connectivity index (χ1) is 20.4. The van der Waals surface area contributed by atoms with E-state index in [0.29, 0.717) is 11.6 Å². The first kappa shape index (κ1) is 31.7. The van der Waals surface area contributed by atoms with E-state index in [1.807, 2.05) is 70.8 Å². The van der Waals surface area contributed by atoms with Crippen LogP contribution >= 0.6 is 11.3 Å². The smallest absolute Gasteiger partial charge is 0.408 e. The summed E-state index contributed by atoms with van der Waals surface area (Å²) in [7, 11) is -4.40. The van der Waals surface area contributed by atoms with Crippen molar-refractivity contribution in [2.24, 2.45) is 0 Å². The molecule has 0 radical (unpaired) electrons. The molecule has 0 fully saturated rings. The van der Waals surface area contributed by atoms with Crippen LogP contribution in [-0.2, 0) is 32.7 Å². The number of ether oxygens (including phenoxy) is 1. The maximum atomic E-state index is 14.2. The zero-order chi connectivity index (χ0) is 31.0. The van der Waals surface area contributed by atoms with Crippen molar-refractivity contribution in [3.63, 3.8) is 0 Å². The van der Waals surface area contributed by atoms with Gasteiger partial charge < -0.3 is 10.1 Å². The standard InChI is InChI=1S/C31H34N4O6S2/c1-31(2,3)41-30(37)33-26(20-23-10-6-4-7-11-23)28(36)35(29-32-27(21-42-29)24-12-8-5-9-13-24)19-18-22-14-16-25(17-15-22)34-43(38,39)40/h4-17,21,26,34H,18-20H2,1-3H3,(H,33,37)(H,38,39,40)/t26-/m0/s1. The van der Waals surface area contributed by atoms with E-state index in [4.69, 9.17) is 14.3 Å². The molecule has 1 atom stereocenters. The van der Waals surface area contributed by atoms with Crippen molar-refractivity contribution in [2.45, 2.75) is 45.3 Å². The van der Waals surface area contributed by atoms with Crippen LogP contribution in [0, 0.1) is 0 Å². The van der Waals surface area contributed by atoms with E-state index in [2.05, 4.69) is 5.32 Å². The van der Waals surface area contributed by atoms with Gasteiger partial charge in [-0.15, -0.1) is 11.3 Å². The largest absolute Gasteiger partial charge is 0.444 e. The number of benzene rings is 3. The molecule has 0 spiro atoms. The number of alkyl carbamates (subject to hydrolysis) is 1. The predicted molar refractivity (Wildman–Crippen MR) is 169 cm³/mol. The Bertz CT molecular complexity index is 1620. The van der Waals surface area contributed by atoms with E-state index >= 15 is 0 Å². The SMILES string of the molecule is CC(C)(C)OC(=O)N[C@@H](Cc1ccccc1)C(=O)N(CCc1ccc(NS(=O)(=O)O)cc1)c1nc(-c2ccccc2)cs1. The number of carbonyl (C=O) groups excluding carboxylic acids is 2. The van der Waals surface area contributed by atoms with E-state index in [0.717, 1.165) is 22.4 Å². The van der Waals surface area contributed by atoms with Crippen LogP contribution in [0.15, 0.2) is 90.3 Å². The molecule has 0 unspecified atom stereocenters. The first-order valence-corrected chi connectivity index (χ1v) is 15.9. The van der Waals surface area contributed by atoms with Crippen molar-refractivity contribution in [1.29, 1.82) is 0 Å². The average molecular weight is 623 g/mol. The molecule has 10 nitrogen and oxygen atoms in total. The van der Waals surface area contributed by atoms with Gasteiger partial charge in [0.15, 0.2) is 5.13 Å². The molecule has 226 valence electrons. The summed E-state index contributed by atoms with van der Waals surface area (Å²) < 4.78 is 38.8. The molecule has 0 saturated heterocycles. The molecule has 0 aliphatic carbocycles. The van der Waals surface area contributed by atoms with Gasteiger partial charge in [0.25, 0.3) is 5.91 Å². The number of amides is 2. The highest BCUT2D eigenvalue weighted by molar-refractivity contribution is 7.87. The van der Waals surface area contributed by atoms with Crippen molar-refractivity contribution in [1.82, 2.24) is 10.3 Å². The summed E-state index contributed by atoms with van der Waals surface area (Å²) >= 11 is 1.32. The quantitative estimate of drug-likeness (QED) is 0.182. The number of thiazole rings is 1. The number of nitrogens with one attached hydrogen (secondary N) is 2. The van der Waals surface area contributed by atoms with Crippen molar-refractivity contribution in [3.8, 4) is 11.3 Å². The molecule has 3 aromatic carbocycles. The van der Waals surface area contributed by atoms with Crippen molar-refractivity contribution < 1.29 is 27.3 Å². The summed E-state index contributed by atoms with van der Waals surface area (Å²) in [6, 6.07) is 24.5. The highest BCUT2D eigenvalue weighted by atomic mass is 32.2. The summed E-state index contributed by atoms with van der Waals surface area (Å²) in [6.45, 7) is 5.49. The van der Waals surface area contributed by atoms with Crippen LogP contribution in [0.3, 0.4) is 0 Å². The summed E-state index contributed by atoms with van der Waals surface area (Å²) in [5, 5.41) is 5.13. The monoisotopic (exact) mass is 622 g/mol. The molecule has 2 amide bonds. The van der Waals surface area contributed by atoms with Crippen LogP contribution in [0.4, 0.5) is 15.6 Å². The lowest BCUT2D eigenvalue weighted by molar-refractivity contribution is -0.120. The minimum atomic E-state index is -4.40. The van der Waals surface area contributed by atoms with Gasteiger partial charge >= 0.3 is 16.4 Å². The minimum absolute atomic E-state index is 0.205. The number of anilines is 2. The van der Waals surface area contributed by atoms with Crippen LogP contribution in [-0.4, -0.2) is 48.1 Å². The first-order valence-electron chi connectivity index (χ1n) is 13.6. The van der Waals surface area contributed by atoms with Gasteiger partial charge in [0, 0.05) is 23.9 Å². The number of rotatable bonds is 11. The maximum Gasteiger partial charge on any atom is 0.408 e. The second-order valence-corrected chi connectivity index (χ2v) is 12.8. The lowest BCUT2D eigenvalue weighted by Crippen LogP contribution is -2.51. The Kier molecular flexibility index (Phi) is 10.2. The summed E-state index contributed by atoms with van der Waals surface area (Å²) in [5.74, 6) is -0.353. The average Bonchev–Trinajstić information content (AvgIpc) is 3.43. The Balaban J connectivity index is 1.63. The van der Waals surface area contributed by atoms with Crippen LogP contribution in [0.25, 0.3) is 11.3 Å². The van der Waals surface area contributed by atoms with Gasteiger partial charge in [-0.25, -0.2) is 9.78 Å². The van der Waals surface area contributed by atoms with Gasteiger partial charge in [0.05, 0.1) is 11.4 Å². The molecule has 1 aromatic heterocycles. The van der Waals surface area contributed by atoms with Crippen LogP contribution in [0.5, 0.6) is 0 Å². The van der Waals surface area contributed by atoms with Crippen molar-refractivity contribution in [2.75, 3.05) is 16.2 Å². The number of nitrogens with zero attached hydrogens (tertiary/aromatic N) is 2. The minimum Gasteiger partial charge on any atom is -0.444 e. The fourth-order valence-corrected chi connectivity index (χ4v) is 5.55. The fraction of sp³-hybridized carbons (Fsp3) is 0.258. The van der Waals surface area contributed by atoms with Gasteiger partial charge in [-0.2, -0.15) is 8.42 Å². The predicted octanol–water partition coefficient (Wildman–Crippen LogP) is 5.74. The number of carbonyl (C=O) groups is 2. The molecule has 0 bridgehead atoms. The molecule has 0 aliphatic heterocycles. The Morgan fingerprint density at radius 2 is 1.58 bits per heavy atom. The van der Waals surface area contributed by atoms with E-state index < -0.39 is 28.0 Å². The number of aromatic nitrogens is 1. The van der Waals surface area contributed by atoms with Crippen molar-refractivity contribution in [3.05, 3.63) is 101 Å². The van der Waals surface area contributed by atoms with E-state index in [1.54, 1.807) is 37.8 Å². The van der Waals surface area contributed by atoms with Crippen LogP contribution < -0.4 is 14.9 Å². The van der Waals surface area contributed by atoms with Gasteiger partial charge in [0.2, 0.25) is 0 Å². The normalized spacial score (nSPS) is 12.3. The Morgan fingerprint density at radius 3 is 2.19 bits per heavy atom. The second kappa shape index (κ2) is 13.8. The third-order valence-electron chi connectivity index (χ3n) is 6.16. The van der Waals surface area contributed by atoms with Gasteiger partial charge in [0.1, 0.15) is 11.6 Å². The lowest BCUT2D eigenvalue weighted by atomic mass is 10.0. The molecule has 12 heteroatoms. The highest BCUT2D eigenvalue weighted by Crippen LogP contribution is 2.28. The summed E-state index contributed by atoms with van der Waals surface area (Å²) in [4.78, 5) is 33.4. The fourth-order valence-electron chi connectivity index (χ4n) is 4.25. The molecule has 4 rings (SSSR count). The maximum absolute atomic E-state index is 14.2. The number of hydrogen-bond donors (Lipinski definition) is 3. The van der Waals surface area contributed by atoms with E-state index in [-0.39, 0.29) is 24.6 Å². The molecule has 0 aliphatic rings. The zero-order valence-electron chi connectivity index (χ0n) is 24.1. The van der Waals surface area contributed by atoms with Crippen molar-refractivity contribution >= 4 is 44.5 Å². The summed E-state index contributed by atoms with van der Waals surface area (Å²) in [6.07, 6.45) is -0.0573.